The second-order valence-corrected chi connectivity index (χ2v) is 7.15. The third-order valence-corrected chi connectivity index (χ3v) is 4.88. The molecule has 1 aromatic carbocycles. The summed E-state index contributed by atoms with van der Waals surface area (Å²) in [5.74, 6) is 2.34. The molecule has 0 spiro atoms. The Hall–Kier alpha value is -1.22. The third-order valence-electron chi connectivity index (χ3n) is 4.35. The molecule has 0 bridgehead atoms. The van der Waals surface area contributed by atoms with E-state index in [9.17, 15) is 0 Å². The monoisotopic (exact) mass is 532 g/mol. The lowest BCUT2D eigenvalue weighted by Gasteiger charge is -2.19. The highest BCUT2D eigenvalue weighted by Gasteiger charge is 2.22. The van der Waals surface area contributed by atoms with E-state index in [-0.39, 0.29) is 24.0 Å². The summed E-state index contributed by atoms with van der Waals surface area (Å²) in [6.45, 7) is 6.59. The molecule has 2 heterocycles. The molecule has 142 valence electrons. The molecule has 1 atom stereocenters. The van der Waals surface area contributed by atoms with Crippen LogP contribution in [0.4, 0.5) is 5.69 Å². The van der Waals surface area contributed by atoms with Gasteiger partial charge < -0.3 is 20.0 Å². The van der Waals surface area contributed by atoms with Crippen molar-refractivity contribution in [1.82, 2.24) is 10.6 Å². The van der Waals surface area contributed by atoms with E-state index in [0.717, 1.165) is 42.4 Å². The molecule has 2 aromatic rings. The van der Waals surface area contributed by atoms with Gasteiger partial charge in [-0.2, -0.15) is 0 Å². The smallest absolute Gasteiger partial charge is 0.191 e. The SMILES string of the molecule is CCNC(=NCc1ccco1)NCC1CCN(c2ccc(Br)cc2)C1.I. The van der Waals surface area contributed by atoms with E-state index in [1.54, 1.807) is 6.26 Å². The second-order valence-electron chi connectivity index (χ2n) is 6.23. The van der Waals surface area contributed by atoms with Gasteiger partial charge in [0.2, 0.25) is 0 Å². The number of furan rings is 1. The number of benzene rings is 1. The molecule has 0 radical (unpaired) electrons. The number of nitrogens with zero attached hydrogens (tertiary/aromatic N) is 2. The van der Waals surface area contributed by atoms with Gasteiger partial charge >= 0.3 is 0 Å². The van der Waals surface area contributed by atoms with Gasteiger partial charge in [-0.15, -0.1) is 24.0 Å². The topological polar surface area (TPSA) is 52.8 Å². The minimum Gasteiger partial charge on any atom is -0.467 e. The molecule has 26 heavy (non-hydrogen) atoms. The minimum atomic E-state index is 0. The van der Waals surface area contributed by atoms with Crippen LogP contribution < -0.4 is 15.5 Å². The van der Waals surface area contributed by atoms with Crippen molar-refractivity contribution in [2.75, 3.05) is 31.1 Å². The fourth-order valence-corrected chi connectivity index (χ4v) is 3.29. The van der Waals surface area contributed by atoms with Gasteiger partial charge in [-0.05, 0) is 55.7 Å². The van der Waals surface area contributed by atoms with Crippen LogP contribution in [0.2, 0.25) is 0 Å². The maximum absolute atomic E-state index is 5.34. The Morgan fingerprint density at radius 1 is 1.27 bits per heavy atom. The van der Waals surface area contributed by atoms with Crippen LogP contribution in [-0.4, -0.2) is 32.1 Å². The van der Waals surface area contributed by atoms with Crippen LogP contribution in [0, 0.1) is 5.92 Å². The average molecular weight is 533 g/mol. The first-order chi connectivity index (χ1) is 12.2. The van der Waals surface area contributed by atoms with Gasteiger partial charge in [0.05, 0.1) is 6.26 Å². The second kappa shape index (κ2) is 10.8. The van der Waals surface area contributed by atoms with Gasteiger partial charge in [-0.3, -0.25) is 0 Å². The van der Waals surface area contributed by atoms with Crippen LogP contribution in [0.3, 0.4) is 0 Å². The summed E-state index contributed by atoms with van der Waals surface area (Å²) in [5.41, 5.74) is 1.30. The van der Waals surface area contributed by atoms with E-state index >= 15 is 0 Å². The Bertz CT molecular complexity index is 675. The van der Waals surface area contributed by atoms with E-state index in [1.807, 2.05) is 12.1 Å². The molecule has 0 aliphatic carbocycles. The summed E-state index contributed by atoms with van der Waals surface area (Å²) in [6.07, 6.45) is 2.88. The highest BCUT2D eigenvalue weighted by Crippen LogP contribution is 2.24. The highest BCUT2D eigenvalue weighted by molar-refractivity contribution is 14.0. The predicted molar refractivity (Wildman–Crippen MR) is 121 cm³/mol. The lowest BCUT2D eigenvalue weighted by molar-refractivity contribution is 0.511. The zero-order valence-electron chi connectivity index (χ0n) is 15.0. The molecule has 2 N–H and O–H groups in total. The molecule has 1 fully saturated rings. The summed E-state index contributed by atoms with van der Waals surface area (Å²) in [5, 5.41) is 6.77. The third kappa shape index (κ3) is 6.19. The predicted octanol–water partition coefficient (Wildman–Crippen LogP) is 4.24. The van der Waals surface area contributed by atoms with Crippen LogP contribution in [0.5, 0.6) is 0 Å². The standard InChI is InChI=1S/C19H25BrN4O.HI/c1-2-21-19(23-13-18-4-3-11-25-18)22-12-15-9-10-24(14-15)17-7-5-16(20)6-8-17;/h3-8,11,15H,2,9-10,12-14H2,1H3,(H2,21,22,23);1H. The van der Waals surface area contributed by atoms with Gasteiger partial charge in [0.15, 0.2) is 5.96 Å². The number of hydrogen-bond donors (Lipinski definition) is 2. The van der Waals surface area contributed by atoms with Gasteiger partial charge in [0.1, 0.15) is 12.3 Å². The Labute approximate surface area is 180 Å². The number of hydrogen-bond acceptors (Lipinski definition) is 3. The fourth-order valence-electron chi connectivity index (χ4n) is 3.03. The molecule has 0 amide bonds. The van der Waals surface area contributed by atoms with Crippen LogP contribution in [0.25, 0.3) is 0 Å². The van der Waals surface area contributed by atoms with Crippen LogP contribution in [0.1, 0.15) is 19.1 Å². The quantitative estimate of drug-likeness (QED) is 0.332. The van der Waals surface area contributed by atoms with Crippen molar-refractivity contribution in [2.45, 2.75) is 19.9 Å². The molecule has 5 nitrogen and oxygen atoms in total. The molecule has 0 saturated carbocycles. The van der Waals surface area contributed by atoms with Gasteiger partial charge in [-0.1, -0.05) is 15.9 Å². The molecule has 1 aromatic heterocycles. The van der Waals surface area contributed by atoms with E-state index in [0.29, 0.717) is 12.5 Å². The van der Waals surface area contributed by atoms with E-state index < -0.39 is 0 Å². The maximum Gasteiger partial charge on any atom is 0.191 e. The zero-order chi connectivity index (χ0) is 17.5. The van der Waals surface area contributed by atoms with Crippen molar-refractivity contribution in [3.63, 3.8) is 0 Å². The maximum atomic E-state index is 5.34. The summed E-state index contributed by atoms with van der Waals surface area (Å²) in [4.78, 5) is 7.04. The summed E-state index contributed by atoms with van der Waals surface area (Å²) in [7, 11) is 0. The number of rotatable bonds is 6. The number of nitrogens with one attached hydrogen (secondary N) is 2. The molecule has 1 aliphatic rings. The Kier molecular flexibility index (Phi) is 8.77. The lowest BCUT2D eigenvalue weighted by Crippen LogP contribution is -2.40. The van der Waals surface area contributed by atoms with Crippen molar-refractivity contribution in [2.24, 2.45) is 10.9 Å². The molecule has 1 unspecified atom stereocenters. The Morgan fingerprint density at radius 3 is 2.77 bits per heavy atom. The van der Waals surface area contributed by atoms with Crippen molar-refractivity contribution in [3.8, 4) is 0 Å². The van der Waals surface area contributed by atoms with Crippen molar-refractivity contribution in [3.05, 3.63) is 52.9 Å². The number of anilines is 1. The number of aliphatic imine (C=N–C) groups is 1. The van der Waals surface area contributed by atoms with Gasteiger partial charge in [-0.25, -0.2) is 4.99 Å². The van der Waals surface area contributed by atoms with E-state index in [2.05, 4.69) is 67.6 Å². The molecule has 3 rings (SSSR count). The van der Waals surface area contributed by atoms with Crippen molar-refractivity contribution in [1.29, 1.82) is 0 Å². The summed E-state index contributed by atoms with van der Waals surface area (Å²) in [6, 6.07) is 12.4. The molecular weight excluding hydrogens is 507 g/mol. The van der Waals surface area contributed by atoms with Crippen LogP contribution in [-0.2, 0) is 6.54 Å². The fraction of sp³-hybridized carbons (Fsp3) is 0.421. The first-order valence-electron chi connectivity index (χ1n) is 8.79. The first kappa shape index (κ1) is 21.1. The van der Waals surface area contributed by atoms with Gasteiger partial charge in [0.25, 0.3) is 0 Å². The van der Waals surface area contributed by atoms with Crippen molar-refractivity contribution < 1.29 is 4.42 Å². The van der Waals surface area contributed by atoms with E-state index in [4.69, 9.17) is 4.42 Å². The zero-order valence-corrected chi connectivity index (χ0v) is 18.9. The molecule has 7 heteroatoms. The minimum absolute atomic E-state index is 0. The number of guanidine groups is 1. The molecule has 1 aliphatic heterocycles. The Morgan fingerprint density at radius 2 is 2.08 bits per heavy atom. The van der Waals surface area contributed by atoms with Crippen molar-refractivity contribution >= 4 is 51.6 Å². The number of halogens is 2. The summed E-state index contributed by atoms with van der Waals surface area (Å²) < 4.78 is 6.46. The van der Waals surface area contributed by atoms with E-state index in [1.165, 1.54) is 12.1 Å². The largest absolute Gasteiger partial charge is 0.467 e. The van der Waals surface area contributed by atoms with Crippen LogP contribution in [0.15, 0.2) is 56.5 Å². The molecule has 1 saturated heterocycles. The Balaban J connectivity index is 0.00000243. The van der Waals surface area contributed by atoms with Gasteiger partial charge in [0, 0.05) is 36.3 Å². The first-order valence-corrected chi connectivity index (χ1v) is 9.59. The van der Waals surface area contributed by atoms with Crippen LogP contribution >= 0.6 is 39.9 Å². The highest BCUT2D eigenvalue weighted by atomic mass is 127. The lowest BCUT2D eigenvalue weighted by atomic mass is 10.1. The average Bonchev–Trinajstić information content (AvgIpc) is 3.30. The summed E-state index contributed by atoms with van der Waals surface area (Å²) >= 11 is 3.49. The molecular formula is C19H26BrIN4O. The normalized spacial score (nSPS) is 17.1.